The second kappa shape index (κ2) is 7.63. The predicted molar refractivity (Wildman–Crippen MR) is 81.3 cm³/mol. The van der Waals surface area contributed by atoms with Crippen molar-refractivity contribution in [3.63, 3.8) is 0 Å². The maximum absolute atomic E-state index is 11.9. The topological polar surface area (TPSA) is 83.6 Å². The van der Waals surface area contributed by atoms with E-state index in [1.807, 2.05) is 25.1 Å². The standard InChI is InChI=1S/C15H22N4O3/c1-11-5-3-6-12(17-11)9-16-14(20)18-13-7-4-8-19(10-13)15(21)22-2/h3,5-6,13H,4,7-10H2,1-2H3,(H2,16,18,20)/t13-/m0/s1. The summed E-state index contributed by atoms with van der Waals surface area (Å²) in [5.41, 5.74) is 1.73. The summed E-state index contributed by atoms with van der Waals surface area (Å²) in [7, 11) is 1.36. The quantitative estimate of drug-likeness (QED) is 0.884. The van der Waals surface area contributed by atoms with Gasteiger partial charge in [0.1, 0.15) is 0 Å². The summed E-state index contributed by atoms with van der Waals surface area (Å²) < 4.78 is 4.71. The van der Waals surface area contributed by atoms with Gasteiger partial charge in [0, 0.05) is 24.8 Å². The number of methoxy groups -OCH3 is 1. The Bertz CT molecular complexity index is 535. The van der Waals surface area contributed by atoms with Crippen LogP contribution in [0.15, 0.2) is 18.2 Å². The average Bonchev–Trinajstić information content (AvgIpc) is 2.52. The van der Waals surface area contributed by atoms with Crippen LogP contribution in [-0.4, -0.2) is 48.2 Å². The molecule has 1 aliphatic rings. The van der Waals surface area contributed by atoms with E-state index >= 15 is 0 Å². The Morgan fingerprint density at radius 2 is 2.27 bits per heavy atom. The highest BCUT2D eigenvalue weighted by Crippen LogP contribution is 2.11. The van der Waals surface area contributed by atoms with Crippen LogP contribution in [0.25, 0.3) is 0 Å². The van der Waals surface area contributed by atoms with E-state index in [2.05, 4.69) is 15.6 Å². The Balaban J connectivity index is 1.78. The molecule has 1 saturated heterocycles. The molecular formula is C15H22N4O3. The van der Waals surface area contributed by atoms with Gasteiger partial charge in [-0.25, -0.2) is 9.59 Å². The molecule has 3 amide bonds. The zero-order valence-corrected chi connectivity index (χ0v) is 13.0. The number of aromatic nitrogens is 1. The molecule has 0 aliphatic carbocycles. The van der Waals surface area contributed by atoms with Crippen LogP contribution in [0.3, 0.4) is 0 Å². The highest BCUT2D eigenvalue weighted by atomic mass is 16.5. The van der Waals surface area contributed by atoms with Crippen LogP contribution in [0.1, 0.15) is 24.2 Å². The van der Waals surface area contributed by atoms with Crippen LogP contribution in [0.5, 0.6) is 0 Å². The minimum absolute atomic E-state index is 0.0571. The number of rotatable bonds is 3. The van der Waals surface area contributed by atoms with E-state index in [9.17, 15) is 9.59 Å². The third kappa shape index (κ3) is 4.61. The Morgan fingerprint density at radius 3 is 3.00 bits per heavy atom. The molecule has 0 bridgehead atoms. The number of hydrogen-bond acceptors (Lipinski definition) is 4. The number of likely N-dealkylation sites (tertiary alicyclic amines) is 1. The lowest BCUT2D eigenvalue weighted by atomic mass is 10.1. The molecule has 2 N–H and O–H groups in total. The van der Waals surface area contributed by atoms with Gasteiger partial charge in [0.2, 0.25) is 0 Å². The molecule has 1 aromatic heterocycles. The van der Waals surface area contributed by atoms with E-state index in [-0.39, 0.29) is 18.2 Å². The van der Waals surface area contributed by atoms with Crippen molar-refractivity contribution in [3.05, 3.63) is 29.6 Å². The summed E-state index contributed by atoms with van der Waals surface area (Å²) in [6.45, 7) is 3.43. The Hall–Kier alpha value is -2.31. The summed E-state index contributed by atoms with van der Waals surface area (Å²) >= 11 is 0. The molecule has 0 unspecified atom stereocenters. The summed E-state index contributed by atoms with van der Waals surface area (Å²) in [5, 5.41) is 5.67. The number of ether oxygens (including phenoxy) is 1. The number of hydrogen-bond donors (Lipinski definition) is 2. The number of piperidine rings is 1. The highest BCUT2D eigenvalue weighted by molar-refractivity contribution is 5.74. The number of pyridine rings is 1. The van der Waals surface area contributed by atoms with E-state index in [0.717, 1.165) is 24.2 Å². The molecule has 120 valence electrons. The molecule has 1 fully saturated rings. The number of carbonyl (C=O) groups excluding carboxylic acids is 2. The minimum atomic E-state index is -0.351. The van der Waals surface area contributed by atoms with Gasteiger partial charge in [0.15, 0.2) is 0 Å². The average molecular weight is 306 g/mol. The molecule has 2 rings (SSSR count). The van der Waals surface area contributed by atoms with Crippen molar-refractivity contribution in [2.75, 3.05) is 20.2 Å². The van der Waals surface area contributed by atoms with Crippen molar-refractivity contribution in [2.24, 2.45) is 0 Å². The predicted octanol–water partition coefficient (Wildman–Crippen LogP) is 1.42. The fourth-order valence-electron chi connectivity index (χ4n) is 2.50. The van der Waals surface area contributed by atoms with E-state index in [4.69, 9.17) is 4.74 Å². The van der Waals surface area contributed by atoms with Crippen LogP contribution >= 0.6 is 0 Å². The Kier molecular flexibility index (Phi) is 5.57. The number of urea groups is 1. The maximum atomic E-state index is 11.9. The van der Waals surface area contributed by atoms with Crippen molar-refractivity contribution in [3.8, 4) is 0 Å². The number of nitrogens with one attached hydrogen (secondary N) is 2. The van der Waals surface area contributed by atoms with Gasteiger partial charge >= 0.3 is 12.1 Å². The first-order chi connectivity index (χ1) is 10.6. The van der Waals surface area contributed by atoms with Gasteiger partial charge < -0.3 is 20.3 Å². The second-order valence-electron chi connectivity index (χ2n) is 5.35. The molecule has 0 aromatic carbocycles. The van der Waals surface area contributed by atoms with E-state index in [0.29, 0.717) is 19.6 Å². The summed E-state index contributed by atoms with van der Waals surface area (Å²) in [5.74, 6) is 0. The maximum Gasteiger partial charge on any atom is 0.409 e. The monoisotopic (exact) mass is 306 g/mol. The zero-order chi connectivity index (χ0) is 15.9. The van der Waals surface area contributed by atoms with Crippen LogP contribution < -0.4 is 10.6 Å². The van der Waals surface area contributed by atoms with Crippen LogP contribution in [-0.2, 0) is 11.3 Å². The first-order valence-corrected chi connectivity index (χ1v) is 7.38. The van der Waals surface area contributed by atoms with Gasteiger partial charge in [0.05, 0.1) is 19.3 Å². The third-order valence-electron chi connectivity index (χ3n) is 3.57. The van der Waals surface area contributed by atoms with Crippen molar-refractivity contribution >= 4 is 12.1 Å². The molecule has 0 radical (unpaired) electrons. The van der Waals surface area contributed by atoms with Gasteiger partial charge in [0.25, 0.3) is 0 Å². The molecule has 7 nitrogen and oxygen atoms in total. The van der Waals surface area contributed by atoms with Gasteiger partial charge in [-0.3, -0.25) is 4.98 Å². The smallest absolute Gasteiger partial charge is 0.409 e. The minimum Gasteiger partial charge on any atom is -0.453 e. The van der Waals surface area contributed by atoms with Gasteiger partial charge in [-0.1, -0.05) is 6.07 Å². The Morgan fingerprint density at radius 1 is 1.45 bits per heavy atom. The summed E-state index contributed by atoms with van der Waals surface area (Å²) in [6, 6.07) is 5.38. The lowest BCUT2D eigenvalue weighted by Gasteiger charge is -2.32. The fourth-order valence-corrected chi connectivity index (χ4v) is 2.50. The molecule has 1 atom stereocenters. The number of nitrogens with zero attached hydrogens (tertiary/aromatic N) is 2. The normalized spacial score (nSPS) is 17.7. The van der Waals surface area contributed by atoms with E-state index in [1.165, 1.54) is 7.11 Å². The summed E-state index contributed by atoms with van der Waals surface area (Å²) in [6.07, 6.45) is 1.35. The van der Waals surface area contributed by atoms with Crippen LogP contribution in [0.4, 0.5) is 9.59 Å². The molecular weight excluding hydrogens is 284 g/mol. The molecule has 1 aromatic rings. The largest absolute Gasteiger partial charge is 0.453 e. The molecule has 22 heavy (non-hydrogen) atoms. The highest BCUT2D eigenvalue weighted by Gasteiger charge is 2.25. The van der Waals surface area contributed by atoms with Gasteiger partial charge in [-0.2, -0.15) is 0 Å². The van der Waals surface area contributed by atoms with Crippen LogP contribution in [0.2, 0.25) is 0 Å². The lowest BCUT2D eigenvalue weighted by molar-refractivity contribution is 0.108. The van der Waals surface area contributed by atoms with Crippen molar-refractivity contribution < 1.29 is 14.3 Å². The lowest BCUT2D eigenvalue weighted by Crippen LogP contribution is -2.51. The SMILES string of the molecule is COC(=O)N1CCC[C@H](NC(=O)NCc2cccc(C)n2)C1. The first-order valence-electron chi connectivity index (χ1n) is 7.38. The second-order valence-corrected chi connectivity index (χ2v) is 5.35. The fraction of sp³-hybridized carbons (Fsp3) is 0.533. The number of amides is 3. The molecule has 1 aliphatic heterocycles. The Labute approximate surface area is 130 Å². The van der Waals surface area contributed by atoms with Crippen molar-refractivity contribution in [1.29, 1.82) is 0 Å². The van der Waals surface area contributed by atoms with Crippen LogP contribution in [0, 0.1) is 6.92 Å². The zero-order valence-electron chi connectivity index (χ0n) is 13.0. The first kappa shape index (κ1) is 16.1. The molecule has 2 heterocycles. The number of carbonyl (C=O) groups is 2. The van der Waals surface area contributed by atoms with E-state index < -0.39 is 0 Å². The van der Waals surface area contributed by atoms with Crippen molar-refractivity contribution in [2.45, 2.75) is 32.4 Å². The molecule has 0 saturated carbocycles. The van der Waals surface area contributed by atoms with Gasteiger partial charge in [-0.05, 0) is 31.9 Å². The number of aryl methyl sites for hydroxylation is 1. The summed E-state index contributed by atoms with van der Waals surface area (Å²) in [4.78, 5) is 29.4. The molecule has 7 heteroatoms. The molecule has 0 spiro atoms. The van der Waals surface area contributed by atoms with Gasteiger partial charge in [-0.15, -0.1) is 0 Å². The van der Waals surface area contributed by atoms with Crippen molar-refractivity contribution in [1.82, 2.24) is 20.5 Å². The third-order valence-corrected chi connectivity index (χ3v) is 3.57. The van der Waals surface area contributed by atoms with E-state index in [1.54, 1.807) is 4.90 Å².